The average molecular weight is 275 g/mol. The second-order valence-electron chi connectivity index (χ2n) is 5.05. The minimum atomic E-state index is -0.0910. The fraction of sp³-hybridized carbons (Fsp3) is 0.250. The summed E-state index contributed by atoms with van der Waals surface area (Å²) >= 11 is 6.34. The number of hydrogen-bond donors (Lipinski definition) is 2. The van der Waals surface area contributed by atoms with Crippen LogP contribution in [0, 0.1) is 20.8 Å². The van der Waals surface area contributed by atoms with Crippen LogP contribution in [-0.4, -0.2) is 0 Å². The maximum Gasteiger partial charge on any atom is 0.0724 e. The second kappa shape index (κ2) is 5.74. The van der Waals surface area contributed by atoms with Crippen LogP contribution >= 0.6 is 11.6 Å². The van der Waals surface area contributed by atoms with Crippen LogP contribution in [0.5, 0.6) is 0 Å². The van der Waals surface area contributed by atoms with Crippen molar-refractivity contribution in [1.82, 2.24) is 5.43 Å². The Morgan fingerprint density at radius 1 is 0.947 bits per heavy atom. The van der Waals surface area contributed by atoms with Gasteiger partial charge < -0.3 is 0 Å². The van der Waals surface area contributed by atoms with Gasteiger partial charge in [0.15, 0.2) is 0 Å². The van der Waals surface area contributed by atoms with Crippen molar-refractivity contribution in [2.75, 3.05) is 0 Å². The van der Waals surface area contributed by atoms with Crippen molar-refractivity contribution in [1.29, 1.82) is 0 Å². The van der Waals surface area contributed by atoms with Gasteiger partial charge in [0.05, 0.1) is 6.04 Å². The maximum atomic E-state index is 6.34. The molecule has 0 spiro atoms. The minimum Gasteiger partial charge on any atom is -0.271 e. The van der Waals surface area contributed by atoms with Crippen LogP contribution in [0.4, 0.5) is 0 Å². The zero-order valence-corrected chi connectivity index (χ0v) is 12.3. The third-order valence-electron chi connectivity index (χ3n) is 3.21. The summed E-state index contributed by atoms with van der Waals surface area (Å²) in [5.74, 6) is 5.74. The summed E-state index contributed by atoms with van der Waals surface area (Å²) in [5, 5.41) is 0.738. The van der Waals surface area contributed by atoms with Gasteiger partial charge in [-0.05, 0) is 43.5 Å². The number of nitrogens with two attached hydrogens (primary N) is 1. The van der Waals surface area contributed by atoms with Crippen LogP contribution in [0.25, 0.3) is 0 Å². The van der Waals surface area contributed by atoms with Gasteiger partial charge in [-0.3, -0.25) is 5.84 Å². The van der Waals surface area contributed by atoms with E-state index in [1.807, 2.05) is 25.1 Å². The van der Waals surface area contributed by atoms with E-state index in [0.29, 0.717) is 0 Å². The smallest absolute Gasteiger partial charge is 0.0724 e. The summed E-state index contributed by atoms with van der Waals surface area (Å²) < 4.78 is 0. The Bertz CT molecular complexity index is 573. The Hall–Kier alpha value is -1.35. The molecule has 0 heterocycles. The van der Waals surface area contributed by atoms with E-state index in [-0.39, 0.29) is 6.04 Å². The Morgan fingerprint density at radius 3 is 2.11 bits per heavy atom. The predicted octanol–water partition coefficient (Wildman–Crippen LogP) is 3.82. The first kappa shape index (κ1) is 14.1. The highest BCUT2D eigenvalue weighted by atomic mass is 35.5. The van der Waals surface area contributed by atoms with Crippen LogP contribution in [-0.2, 0) is 0 Å². The molecule has 100 valence electrons. The Labute approximate surface area is 119 Å². The van der Waals surface area contributed by atoms with Crippen molar-refractivity contribution in [3.63, 3.8) is 0 Å². The highest BCUT2D eigenvalue weighted by molar-refractivity contribution is 6.31. The lowest BCUT2D eigenvalue weighted by Crippen LogP contribution is -2.29. The molecule has 3 N–H and O–H groups in total. The van der Waals surface area contributed by atoms with Gasteiger partial charge in [-0.1, -0.05) is 53.1 Å². The quantitative estimate of drug-likeness (QED) is 0.660. The first-order valence-corrected chi connectivity index (χ1v) is 6.69. The molecule has 2 nitrogen and oxygen atoms in total. The molecule has 3 heteroatoms. The monoisotopic (exact) mass is 274 g/mol. The van der Waals surface area contributed by atoms with Crippen LogP contribution < -0.4 is 11.3 Å². The second-order valence-corrected chi connectivity index (χ2v) is 5.45. The fourth-order valence-electron chi connectivity index (χ4n) is 2.41. The first-order chi connectivity index (χ1) is 9.01. The lowest BCUT2D eigenvalue weighted by atomic mass is 9.95. The minimum absolute atomic E-state index is 0.0910. The van der Waals surface area contributed by atoms with Crippen molar-refractivity contribution in [2.45, 2.75) is 26.8 Å². The lowest BCUT2D eigenvalue weighted by Gasteiger charge is -2.19. The first-order valence-electron chi connectivity index (χ1n) is 6.31. The zero-order chi connectivity index (χ0) is 14.0. The molecular weight excluding hydrogens is 256 g/mol. The largest absolute Gasteiger partial charge is 0.271 e. The third-order valence-corrected chi connectivity index (χ3v) is 3.54. The van der Waals surface area contributed by atoms with Gasteiger partial charge in [0.2, 0.25) is 0 Å². The summed E-state index contributed by atoms with van der Waals surface area (Å²) in [5.41, 5.74) is 8.58. The van der Waals surface area contributed by atoms with Crippen LogP contribution in [0.1, 0.15) is 33.9 Å². The molecule has 0 fully saturated rings. The highest BCUT2D eigenvalue weighted by Crippen LogP contribution is 2.29. The third kappa shape index (κ3) is 3.16. The SMILES string of the molecule is Cc1cc(C)cc(C(NN)c2ccc(C)cc2Cl)c1. The molecule has 0 aliphatic heterocycles. The Balaban J connectivity index is 2.49. The van der Waals surface area contributed by atoms with E-state index in [1.165, 1.54) is 11.1 Å². The molecule has 19 heavy (non-hydrogen) atoms. The molecule has 0 radical (unpaired) electrons. The summed E-state index contributed by atoms with van der Waals surface area (Å²) in [7, 11) is 0. The summed E-state index contributed by atoms with van der Waals surface area (Å²) in [6, 6.07) is 12.4. The van der Waals surface area contributed by atoms with Gasteiger partial charge in [0.25, 0.3) is 0 Å². The molecule has 2 rings (SSSR count). The van der Waals surface area contributed by atoms with Gasteiger partial charge in [-0.25, -0.2) is 5.43 Å². The van der Waals surface area contributed by atoms with Crippen LogP contribution in [0.2, 0.25) is 5.02 Å². The zero-order valence-electron chi connectivity index (χ0n) is 11.5. The van der Waals surface area contributed by atoms with Crippen molar-refractivity contribution < 1.29 is 0 Å². The molecule has 0 aromatic heterocycles. The molecule has 0 saturated carbocycles. The number of hydrazine groups is 1. The van der Waals surface area contributed by atoms with Crippen molar-refractivity contribution in [3.05, 3.63) is 69.2 Å². The van der Waals surface area contributed by atoms with Gasteiger partial charge >= 0.3 is 0 Å². The van der Waals surface area contributed by atoms with Crippen LogP contribution in [0.3, 0.4) is 0 Å². The summed E-state index contributed by atoms with van der Waals surface area (Å²) in [4.78, 5) is 0. The highest BCUT2D eigenvalue weighted by Gasteiger charge is 2.16. The normalized spacial score (nSPS) is 12.5. The molecule has 0 amide bonds. The van der Waals surface area contributed by atoms with Gasteiger partial charge in [0, 0.05) is 5.02 Å². The number of aryl methyl sites for hydroxylation is 3. The van der Waals surface area contributed by atoms with E-state index in [4.69, 9.17) is 17.4 Å². The van der Waals surface area contributed by atoms with E-state index in [2.05, 4.69) is 37.5 Å². The fourth-order valence-corrected chi connectivity index (χ4v) is 2.75. The van der Waals surface area contributed by atoms with Crippen molar-refractivity contribution in [2.24, 2.45) is 5.84 Å². The molecule has 0 aliphatic carbocycles. The average Bonchev–Trinajstić information content (AvgIpc) is 2.31. The maximum absolute atomic E-state index is 6.34. The molecule has 0 saturated heterocycles. The van der Waals surface area contributed by atoms with Crippen LogP contribution in [0.15, 0.2) is 36.4 Å². The van der Waals surface area contributed by atoms with Gasteiger partial charge in [-0.2, -0.15) is 0 Å². The molecule has 1 atom stereocenters. The van der Waals surface area contributed by atoms with E-state index in [1.54, 1.807) is 0 Å². The van der Waals surface area contributed by atoms with E-state index in [0.717, 1.165) is 21.7 Å². The Kier molecular flexibility index (Phi) is 4.25. The number of rotatable bonds is 3. The Morgan fingerprint density at radius 2 is 1.58 bits per heavy atom. The molecule has 0 aliphatic rings. The number of hydrogen-bond acceptors (Lipinski definition) is 2. The molecule has 1 unspecified atom stereocenters. The summed E-state index contributed by atoms with van der Waals surface area (Å²) in [6.45, 7) is 6.19. The molecule has 2 aromatic rings. The van der Waals surface area contributed by atoms with Crippen molar-refractivity contribution in [3.8, 4) is 0 Å². The van der Waals surface area contributed by atoms with E-state index < -0.39 is 0 Å². The topological polar surface area (TPSA) is 38.0 Å². The van der Waals surface area contributed by atoms with E-state index in [9.17, 15) is 0 Å². The molecule has 0 bridgehead atoms. The molecule has 2 aromatic carbocycles. The van der Waals surface area contributed by atoms with Crippen molar-refractivity contribution >= 4 is 11.6 Å². The van der Waals surface area contributed by atoms with E-state index >= 15 is 0 Å². The summed E-state index contributed by atoms with van der Waals surface area (Å²) in [6.07, 6.45) is 0. The number of benzene rings is 2. The predicted molar refractivity (Wildman–Crippen MR) is 81.3 cm³/mol. The number of halogens is 1. The standard InChI is InChI=1S/C16H19ClN2/c1-10-4-5-14(15(17)9-10)16(19-18)13-7-11(2)6-12(3)8-13/h4-9,16,19H,18H2,1-3H3. The van der Waals surface area contributed by atoms with Gasteiger partial charge in [0.1, 0.15) is 0 Å². The van der Waals surface area contributed by atoms with Gasteiger partial charge in [-0.15, -0.1) is 0 Å². The lowest BCUT2D eigenvalue weighted by molar-refractivity contribution is 0.636. The number of nitrogens with one attached hydrogen (secondary N) is 1. The molecular formula is C16H19ClN2.